The van der Waals surface area contributed by atoms with Gasteiger partial charge in [-0.2, -0.15) is 0 Å². The van der Waals surface area contributed by atoms with Crippen LogP contribution < -0.4 is 0 Å². The second-order valence-electron chi connectivity index (χ2n) is 14.8. The van der Waals surface area contributed by atoms with E-state index in [-0.39, 0.29) is 0 Å². The lowest BCUT2D eigenvalue weighted by atomic mass is 9.96. The summed E-state index contributed by atoms with van der Waals surface area (Å²) in [6.45, 7) is 10.7. The first-order chi connectivity index (χ1) is 22.7. The number of benzene rings is 1. The molecule has 46 heavy (non-hydrogen) atoms. The normalized spacial score (nSPS) is 14.7. The second-order valence-corrected chi connectivity index (χ2v) is 14.8. The first-order valence-electron chi connectivity index (χ1n) is 20.5. The molecule has 0 spiro atoms. The maximum atomic E-state index is 2.62. The van der Waals surface area contributed by atoms with E-state index in [4.69, 9.17) is 0 Å². The van der Waals surface area contributed by atoms with Crippen molar-refractivity contribution in [1.82, 2.24) is 4.90 Å². The van der Waals surface area contributed by atoms with E-state index in [2.05, 4.69) is 80.3 Å². The Morgan fingerprint density at radius 1 is 0.543 bits per heavy atom. The molecular formula is C45H77N. The Hall–Kier alpha value is -1.60. The van der Waals surface area contributed by atoms with Crippen molar-refractivity contribution >= 4 is 0 Å². The van der Waals surface area contributed by atoms with Crippen LogP contribution in [0.4, 0.5) is 0 Å². The van der Waals surface area contributed by atoms with Crippen LogP contribution in [0.15, 0.2) is 54.7 Å². The van der Waals surface area contributed by atoms with Gasteiger partial charge in [-0.3, -0.25) is 4.90 Å². The molecule has 0 aromatic heterocycles. The van der Waals surface area contributed by atoms with Gasteiger partial charge < -0.3 is 0 Å². The van der Waals surface area contributed by atoms with Gasteiger partial charge in [-0.25, -0.2) is 0 Å². The molecule has 1 nitrogen and oxygen atoms in total. The second kappa shape index (κ2) is 29.5. The number of likely N-dealkylation sites (tertiary alicyclic amines) is 1. The minimum absolute atomic E-state index is 0.862. The van der Waals surface area contributed by atoms with Gasteiger partial charge in [0.05, 0.1) is 0 Å². The third-order valence-electron chi connectivity index (χ3n) is 10.0. The summed E-state index contributed by atoms with van der Waals surface area (Å²) < 4.78 is 0. The number of unbranched alkanes of at least 4 members (excludes halogenated alkanes) is 17. The smallest absolute Gasteiger partial charge is 0.0233 e. The van der Waals surface area contributed by atoms with E-state index in [1.54, 1.807) is 16.7 Å². The topological polar surface area (TPSA) is 3.24 Å². The first kappa shape index (κ1) is 40.6. The average molecular weight is 632 g/mol. The summed E-state index contributed by atoms with van der Waals surface area (Å²) in [5.74, 6) is 0.862. The van der Waals surface area contributed by atoms with Crippen molar-refractivity contribution in [3.05, 3.63) is 71.3 Å². The van der Waals surface area contributed by atoms with Gasteiger partial charge in [0.15, 0.2) is 0 Å². The summed E-state index contributed by atoms with van der Waals surface area (Å²) >= 11 is 0. The maximum absolute atomic E-state index is 2.62. The molecule has 1 atom stereocenters. The summed E-state index contributed by atoms with van der Waals surface area (Å²) in [4.78, 5) is 2.62. The third kappa shape index (κ3) is 22.8. The monoisotopic (exact) mass is 632 g/mol. The molecule has 1 saturated heterocycles. The van der Waals surface area contributed by atoms with E-state index in [1.165, 1.54) is 180 Å². The minimum Gasteiger partial charge on any atom is -0.299 e. The van der Waals surface area contributed by atoms with Crippen LogP contribution in [-0.2, 0) is 19.4 Å². The van der Waals surface area contributed by atoms with Gasteiger partial charge in [-0.15, -0.1) is 0 Å². The van der Waals surface area contributed by atoms with Crippen molar-refractivity contribution in [1.29, 1.82) is 0 Å². The van der Waals surface area contributed by atoms with Crippen molar-refractivity contribution in [2.45, 2.75) is 194 Å². The zero-order chi connectivity index (χ0) is 32.8. The lowest BCUT2D eigenvalue weighted by Crippen LogP contribution is -2.36. The highest BCUT2D eigenvalue weighted by molar-refractivity contribution is 5.31. The first-order valence-corrected chi connectivity index (χ1v) is 20.5. The summed E-state index contributed by atoms with van der Waals surface area (Å²) in [6.07, 6.45) is 49.2. The number of rotatable bonds is 31. The molecule has 1 aliphatic rings. The zero-order valence-electron chi connectivity index (χ0n) is 31.2. The molecule has 0 radical (unpaired) electrons. The number of aryl methyl sites for hydroxylation is 2. The molecule has 0 aliphatic carbocycles. The Kier molecular flexibility index (Phi) is 26.0. The van der Waals surface area contributed by atoms with Crippen LogP contribution in [-0.4, -0.2) is 18.0 Å². The molecule has 0 amide bonds. The van der Waals surface area contributed by atoms with Crippen LogP contribution in [0.25, 0.3) is 0 Å². The predicted molar refractivity (Wildman–Crippen MR) is 208 cm³/mol. The Balaban J connectivity index is 1.55. The lowest BCUT2D eigenvalue weighted by molar-refractivity contribution is 0.172. The standard InChI is InChI=1S/C45H77N/c1-4-6-8-9-10-11-12-13-14-15-16-19-22-25-29-34-43-38-44(40-45(39-43)41-46-36-31-37-46)35-30-26-23-20-17-18-21-24-28-33-42(3)32-27-7-5-2/h10-13,24,28,38-40,42H,4-9,14-23,25-27,29-37,41H2,1-3H3/b11-10+,13-12+,28-24+. The third-order valence-corrected chi connectivity index (χ3v) is 10.0. The molecule has 1 heterocycles. The molecule has 1 aromatic rings. The minimum atomic E-state index is 0.862. The van der Waals surface area contributed by atoms with Crippen LogP contribution in [0.2, 0.25) is 0 Å². The fourth-order valence-electron chi connectivity index (χ4n) is 6.78. The van der Waals surface area contributed by atoms with Gasteiger partial charge in [0.1, 0.15) is 0 Å². The summed E-state index contributed by atoms with van der Waals surface area (Å²) in [5, 5.41) is 0. The van der Waals surface area contributed by atoms with E-state index < -0.39 is 0 Å². The molecule has 0 bridgehead atoms. The van der Waals surface area contributed by atoms with Crippen molar-refractivity contribution in [2.75, 3.05) is 13.1 Å². The SMILES string of the molecule is CCCCC/C=C/C=C/CCCCCCCCc1cc(CCCCCCCC/C=C/CC(C)CCCCC)cc(CN2CCC2)c1. The summed E-state index contributed by atoms with van der Waals surface area (Å²) in [6, 6.07) is 7.63. The molecule has 1 fully saturated rings. The predicted octanol–water partition coefficient (Wildman–Crippen LogP) is 14.3. The Bertz CT molecular complexity index is 904. The van der Waals surface area contributed by atoms with Gasteiger partial charge in [0.25, 0.3) is 0 Å². The van der Waals surface area contributed by atoms with Gasteiger partial charge in [0, 0.05) is 6.54 Å². The fraction of sp³-hybridized carbons (Fsp3) is 0.733. The average Bonchev–Trinajstić information content (AvgIpc) is 3.03. The van der Waals surface area contributed by atoms with Crippen LogP contribution in [0, 0.1) is 5.92 Å². The van der Waals surface area contributed by atoms with E-state index in [9.17, 15) is 0 Å². The van der Waals surface area contributed by atoms with Gasteiger partial charge >= 0.3 is 0 Å². The number of hydrogen-bond acceptors (Lipinski definition) is 1. The Morgan fingerprint density at radius 2 is 1.02 bits per heavy atom. The van der Waals surface area contributed by atoms with Crippen LogP contribution in [0.5, 0.6) is 0 Å². The molecule has 2 rings (SSSR count). The highest BCUT2D eigenvalue weighted by Crippen LogP contribution is 2.21. The molecule has 1 heteroatoms. The van der Waals surface area contributed by atoms with Gasteiger partial charge in [-0.05, 0) is 113 Å². The van der Waals surface area contributed by atoms with Crippen molar-refractivity contribution in [2.24, 2.45) is 5.92 Å². The van der Waals surface area contributed by atoms with Crippen LogP contribution >= 0.6 is 0 Å². The zero-order valence-corrected chi connectivity index (χ0v) is 31.2. The van der Waals surface area contributed by atoms with Crippen molar-refractivity contribution in [3.8, 4) is 0 Å². The molecule has 1 aliphatic heterocycles. The lowest BCUT2D eigenvalue weighted by Gasteiger charge is -2.31. The highest BCUT2D eigenvalue weighted by Gasteiger charge is 2.14. The molecular weight excluding hydrogens is 555 g/mol. The fourth-order valence-corrected chi connectivity index (χ4v) is 6.78. The van der Waals surface area contributed by atoms with E-state index >= 15 is 0 Å². The van der Waals surface area contributed by atoms with Crippen molar-refractivity contribution in [3.63, 3.8) is 0 Å². The number of nitrogens with zero attached hydrogens (tertiary/aromatic N) is 1. The quantitative estimate of drug-likeness (QED) is 0.0448. The van der Waals surface area contributed by atoms with Crippen molar-refractivity contribution < 1.29 is 0 Å². The largest absolute Gasteiger partial charge is 0.299 e. The van der Waals surface area contributed by atoms with Gasteiger partial charge in [-0.1, -0.05) is 165 Å². The van der Waals surface area contributed by atoms with Crippen LogP contribution in [0.3, 0.4) is 0 Å². The van der Waals surface area contributed by atoms with Crippen LogP contribution in [0.1, 0.15) is 192 Å². The molecule has 1 unspecified atom stereocenters. The molecule has 262 valence electrons. The number of hydrogen-bond donors (Lipinski definition) is 0. The Labute approximate surface area is 288 Å². The summed E-state index contributed by atoms with van der Waals surface area (Å²) in [5.41, 5.74) is 4.77. The maximum Gasteiger partial charge on any atom is 0.0233 e. The summed E-state index contributed by atoms with van der Waals surface area (Å²) in [7, 11) is 0. The molecule has 0 saturated carbocycles. The number of allylic oxidation sites excluding steroid dienone is 6. The Morgan fingerprint density at radius 3 is 1.57 bits per heavy atom. The van der Waals surface area contributed by atoms with E-state index in [0.29, 0.717) is 0 Å². The highest BCUT2D eigenvalue weighted by atomic mass is 15.2. The molecule has 1 aromatic carbocycles. The van der Waals surface area contributed by atoms with E-state index in [1.807, 2.05) is 0 Å². The molecule has 0 N–H and O–H groups in total. The van der Waals surface area contributed by atoms with Gasteiger partial charge in [0.2, 0.25) is 0 Å². The van der Waals surface area contributed by atoms with E-state index in [0.717, 1.165) is 12.5 Å².